The Balaban J connectivity index is 2.74. The Bertz CT molecular complexity index is 738. The van der Waals surface area contributed by atoms with E-state index in [4.69, 9.17) is 32.4 Å². The van der Waals surface area contributed by atoms with Crippen molar-refractivity contribution in [1.29, 1.82) is 0 Å². The molecular weight excluding hydrogens is 366 g/mol. The number of ether oxygens (including phenoxy) is 1. The van der Waals surface area contributed by atoms with Gasteiger partial charge in [-0.1, -0.05) is 11.6 Å². The van der Waals surface area contributed by atoms with Gasteiger partial charge in [0.1, 0.15) is 11.5 Å². The van der Waals surface area contributed by atoms with Crippen LogP contribution < -0.4 is 16.8 Å². The SMILES string of the molecule is NC(=O)CCC(N)COC(=O)Nc1cc(Cl)cc(S(=O)(=O)O)c1O. The van der Waals surface area contributed by atoms with E-state index in [1.807, 2.05) is 0 Å². The zero-order valence-corrected chi connectivity index (χ0v) is 13.8. The number of halogens is 1. The van der Waals surface area contributed by atoms with Gasteiger partial charge in [0.2, 0.25) is 5.91 Å². The first kappa shape index (κ1) is 20.0. The van der Waals surface area contributed by atoms with E-state index in [9.17, 15) is 23.1 Å². The van der Waals surface area contributed by atoms with Crippen LogP contribution in [0.15, 0.2) is 17.0 Å². The quantitative estimate of drug-likeness (QED) is 0.332. The Morgan fingerprint density at radius 2 is 2.00 bits per heavy atom. The molecule has 134 valence electrons. The molecule has 0 aliphatic rings. The first-order valence-corrected chi connectivity index (χ1v) is 8.30. The molecule has 0 aliphatic carbocycles. The lowest BCUT2D eigenvalue weighted by molar-refractivity contribution is -0.118. The molecule has 0 aliphatic heterocycles. The van der Waals surface area contributed by atoms with Gasteiger partial charge in [0.15, 0.2) is 5.75 Å². The molecule has 1 rings (SSSR count). The Morgan fingerprint density at radius 1 is 1.38 bits per heavy atom. The van der Waals surface area contributed by atoms with E-state index >= 15 is 0 Å². The summed E-state index contributed by atoms with van der Waals surface area (Å²) in [5.74, 6) is -1.45. The molecule has 0 aromatic heterocycles. The van der Waals surface area contributed by atoms with Gasteiger partial charge < -0.3 is 21.3 Å². The molecule has 1 atom stereocenters. The fraction of sp³-hybridized carbons (Fsp3) is 0.333. The number of aromatic hydroxyl groups is 1. The zero-order chi connectivity index (χ0) is 18.5. The van der Waals surface area contributed by atoms with Crippen LogP contribution in [0.4, 0.5) is 10.5 Å². The van der Waals surface area contributed by atoms with Crippen LogP contribution in [0.1, 0.15) is 12.8 Å². The predicted octanol–water partition coefficient (Wildman–Crippen LogP) is 0.434. The average Bonchev–Trinajstić information content (AvgIpc) is 2.45. The number of nitrogens with two attached hydrogens (primary N) is 2. The second-order valence-corrected chi connectivity index (χ2v) is 6.59. The number of phenolic OH excluding ortho intramolecular Hbond substituents is 1. The summed E-state index contributed by atoms with van der Waals surface area (Å²) in [6.45, 7) is -0.244. The van der Waals surface area contributed by atoms with Crippen molar-refractivity contribution in [1.82, 2.24) is 0 Å². The molecule has 0 fully saturated rings. The van der Waals surface area contributed by atoms with Gasteiger partial charge in [0.25, 0.3) is 10.1 Å². The number of primary amides is 1. The van der Waals surface area contributed by atoms with E-state index in [0.717, 1.165) is 12.1 Å². The number of nitrogens with one attached hydrogen (secondary N) is 1. The minimum Gasteiger partial charge on any atom is -0.504 e. The second kappa shape index (κ2) is 8.15. The fourth-order valence-electron chi connectivity index (χ4n) is 1.61. The summed E-state index contributed by atoms with van der Waals surface area (Å²) in [7, 11) is -4.75. The summed E-state index contributed by atoms with van der Waals surface area (Å²) in [5, 5.41) is 11.7. The first-order chi connectivity index (χ1) is 11.0. The number of anilines is 1. The number of hydrogen-bond donors (Lipinski definition) is 5. The van der Waals surface area contributed by atoms with Crippen LogP contribution in [0, 0.1) is 0 Å². The van der Waals surface area contributed by atoms with E-state index < -0.39 is 38.8 Å². The van der Waals surface area contributed by atoms with Crippen molar-refractivity contribution in [2.75, 3.05) is 11.9 Å². The van der Waals surface area contributed by atoms with Crippen molar-refractivity contribution in [3.63, 3.8) is 0 Å². The number of phenols is 1. The van der Waals surface area contributed by atoms with Gasteiger partial charge in [0, 0.05) is 17.5 Å². The van der Waals surface area contributed by atoms with Gasteiger partial charge in [-0.15, -0.1) is 0 Å². The Morgan fingerprint density at radius 3 is 2.54 bits per heavy atom. The zero-order valence-electron chi connectivity index (χ0n) is 12.2. The molecule has 10 nitrogen and oxygen atoms in total. The highest BCUT2D eigenvalue weighted by atomic mass is 35.5. The molecule has 0 radical (unpaired) electrons. The number of carbonyl (C=O) groups excluding carboxylic acids is 2. The van der Waals surface area contributed by atoms with Crippen molar-refractivity contribution in [2.45, 2.75) is 23.8 Å². The third-order valence-corrected chi connectivity index (χ3v) is 3.83. The maximum absolute atomic E-state index is 11.6. The molecule has 0 heterocycles. The Kier molecular flexibility index (Phi) is 6.78. The molecule has 0 bridgehead atoms. The van der Waals surface area contributed by atoms with Crippen LogP contribution in [-0.2, 0) is 19.6 Å². The first-order valence-electron chi connectivity index (χ1n) is 6.48. The third-order valence-electron chi connectivity index (χ3n) is 2.74. The highest BCUT2D eigenvalue weighted by molar-refractivity contribution is 7.86. The van der Waals surface area contributed by atoms with Gasteiger partial charge in [-0.05, 0) is 18.6 Å². The number of amides is 2. The van der Waals surface area contributed by atoms with Crippen LogP contribution >= 0.6 is 11.6 Å². The summed E-state index contributed by atoms with van der Waals surface area (Å²) in [6.07, 6.45) is -0.819. The summed E-state index contributed by atoms with van der Waals surface area (Å²) in [6, 6.07) is 1.23. The monoisotopic (exact) mass is 381 g/mol. The lowest BCUT2D eigenvalue weighted by Crippen LogP contribution is -2.30. The minimum atomic E-state index is -4.75. The van der Waals surface area contributed by atoms with Crippen LogP contribution in [0.25, 0.3) is 0 Å². The normalized spacial score (nSPS) is 12.5. The van der Waals surface area contributed by atoms with Crippen LogP contribution in [0.5, 0.6) is 5.75 Å². The summed E-state index contributed by atoms with van der Waals surface area (Å²) in [5.41, 5.74) is 10.2. The average molecular weight is 382 g/mol. The Hall–Kier alpha value is -2.08. The molecule has 0 saturated carbocycles. The fourth-order valence-corrected chi connectivity index (χ4v) is 2.52. The predicted molar refractivity (Wildman–Crippen MR) is 84.3 cm³/mol. The van der Waals surface area contributed by atoms with Gasteiger partial charge in [0.05, 0.1) is 5.69 Å². The van der Waals surface area contributed by atoms with Crippen molar-refractivity contribution >= 4 is 39.4 Å². The van der Waals surface area contributed by atoms with Crippen molar-refractivity contribution in [3.05, 3.63) is 17.2 Å². The van der Waals surface area contributed by atoms with Gasteiger partial charge in [-0.25, -0.2) is 4.79 Å². The molecule has 12 heteroatoms. The van der Waals surface area contributed by atoms with Gasteiger partial charge >= 0.3 is 6.09 Å². The summed E-state index contributed by atoms with van der Waals surface area (Å²) >= 11 is 5.67. The van der Waals surface area contributed by atoms with Crippen molar-refractivity contribution in [3.8, 4) is 5.75 Å². The molecule has 0 saturated heterocycles. The number of benzene rings is 1. The maximum atomic E-state index is 11.6. The van der Waals surface area contributed by atoms with E-state index in [2.05, 4.69) is 5.32 Å². The molecule has 1 aromatic rings. The second-order valence-electron chi connectivity index (χ2n) is 4.76. The van der Waals surface area contributed by atoms with Crippen LogP contribution in [-0.4, -0.2) is 42.7 Å². The van der Waals surface area contributed by atoms with E-state index in [0.29, 0.717) is 0 Å². The van der Waals surface area contributed by atoms with Crippen LogP contribution in [0.3, 0.4) is 0 Å². The van der Waals surface area contributed by atoms with Crippen LogP contribution in [0.2, 0.25) is 5.02 Å². The molecule has 2 amide bonds. The molecule has 0 spiro atoms. The molecule has 1 aromatic carbocycles. The lowest BCUT2D eigenvalue weighted by Gasteiger charge is -2.13. The summed E-state index contributed by atoms with van der Waals surface area (Å²) < 4.78 is 36.0. The topological polar surface area (TPSA) is 182 Å². The molecule has 1 unspecified atom stereocenters. The highest BCUT2D eigenvalue weighted by Gasteiger charge is 2.21. The molecule has 7 N–H and O–H groups in total. The Labute approximate surface area is 142 Å². The van der Waals surface area contributed by atoms with E-state index in [1.165, 1.54) is 0 Å². The van der Waals surface area contributed by atoms with Crippen molar-refractivity contribution in [2.24, 2.45) is 11.5 Å². The third kappa shape index (κ3) is 6.20. The standard InChI is InChI=1S/C12H16ClN3O7S/c13-6-3-8(11(18)9(4-6)24(20,21)22)16-12(19)23-5-7(14)1-2-10(15)17/h3-4,7,18H,1-2,5,14H2,(H2,15,17)(H,16,19)(H,20,21,22). The van der Waals surface area contributed by atoms with Crippen molar-refractivity contribution < 1.29 is 32.4 Å². The number of carbonyl (C=O) groups is 2. The molecular formula is C12H16ClN3O7S. The lowest BCUT2D eigenvalue weighted by atomic mass is 10.2. The summed E-state index contributed by atoms with van der Waals surface area (Å²) in [4.78, 5) is 21.4. The van der Waals surface area contributed by atoms with Gasteiger partial charge in [-0.3, -0.25) is 14.7 Å². The number of hydrogen-bond acceptors (Lipinski definition) is 7. The largest absolute Gasteiger partial charge is 0.504 e. The smallest absolute Gasteiger partial charge is 0.411 e. The van der Waals surface area contributed by atoms with E-state index in [1.54, 1.807) is 0 Å². The van der Waals surface area contributed by atoms with E-state index in [-0.39, 0.29) is 30.2 Å². The minimum absolute atomic E-state index is 0.0267. The molecule has 24 heavy (non-hydrogen) atoms. The van der Waals surface area contributed by atoms with Gasteiger partial charge in [-0.2, -0.15) is 8.42 Å². The number of rotatable bonds is 7. The highest BCUT2D eigenvalue weighted by Crippen LogP contribution is 2.34. The maximum Gasteiger partial charge on any atom is 0.411 e.